The minimum atomic E-state index is -0.511. The molecule has 136 valence electrons. The highest BCUT2D eigenvalue weighted by atomic mass is 16.2. The van der Waals surface area contributed by atoms with Gasteiger partial charge in [-0.2, -0.15) is 0 Å². The van der Waals surface area contributed by atoms with Crippen LogP contribution in [0.3, 0.4) is 0 Å². The van der Waals surface area contributed by atoms with Crippen molar-refractivity contribution in [3.63, 3.8) is 0 Å². The number of Topliss-reactive ketones (excluding diaryl/α,β-unsaturated/α-hetero) is 2. The van der Waals surface area contributed by atoms with Crippen LogP contribution >= 0.6 is 0 Å². The summed E-state index contributed by atoms with van der Waals surface area (Å²) in [4.78, 5) is 27.2. The lowest BCUT2D eigenvalue weighted by molar-refractivity contribution is 0.0817. The van der Waals surface area contributed by atoms with Gasteiger partial charge in [-0.05, 0) is 30.5 Å². The van der Waals surface area contributed by atoms with E-state index >= 15 is 0 Å². The monoisotopic (exact) mass is 351 g/mol. The molecule has 0 fully saturated rings. The first-order valence-corrected chi connectivity index (χ1v) is 8.79. The third-order valence-corrected chi connectivity index (χ3v) is 5.05. The molecule has 5 heteroatoms. The molecule has 2 aromatic carbocycles. The van der Waals surface area contributed by atoms with Crippen molar-refractivity contribution >= 4 is 22.9 Å². The van der Waals surface area contributed by atoms with E-state index in [0.29, 0.717) is 11.1 Å². The lowest BCUT2D eigenvalue weighted by Gasteiger charge is -2.39. The molecule has 1 aliphatic heterocycles. The molecule has 0 radical (unpaired) electrons. The Labute approximate surface area is 154 Å². The van der Waals surface area contributed by atoms with Gasteiger partial charge in [-0.25, -0.2) is 0 Å². The highest BCUT2D eigenvalue weighted by Gasteiger charge is 2.36. The van der Waals surface area contributed by atoms with Gasteiger partial charge in [-0.3, -0.25) is 15.3 Å². The second-order valence-electron chi connectivity index (χ2n) is 7.79. The second kappa shape index (κ2) is 6.57. The molecular formula is C21H25N3O2. The summed E-state index contributed by atoms with van der Waals surface area (Å²) in [6.07, 6.45) is -0.366. The molecule has 26 heavy (non-hydrogen) atoms. The van der Waals surface area contributed by atoms with Gasteiger partial charge in [0.25, 0.3) is 0 Å². The van der Waals surface area contributed by atoms with Gasteiger partial charge in [-0.1, -0.05) is 51.1 Å². The first kappa shape index (κ1) is 18.1. The molecule has 2 atom stereocenters. The number of nitrogens with one attached hydrogen (secondary N) is 1. The number of carbonyl (C=O) groups is 2. The highest BCUT2D eigenvalue weighted by Crippen LogP contribution is 2.39. The minimum Gasteiger partial charge on any atom is -0.351 e. The van der Waals surface area contributed by atoms with E-state index in [4.69, 9.17) is 5.73 Å². The molecule has 0 amide bonds. The summed E-state index contributed by atoms with van der Waals surface area (Å²) in [6, 6.07) is 14.0. The highest BCUT2D eigenvalue weighted by molar-refractivity contribution is 6.49. The van der Waals surface area contributed by atoms with Crippen molar-refractivity contribution in [2.75, 3.05) is 10.2 Å². The van der Waals surface area contributed by atoms with E-state index in [2.05, 4.69) is 37.9 Å². The topological polar surface area (TPSA) is 75.4 Å². The van der Waals surface area contributed by atoms with Crippen LogP contribution in [0.1, 0.15) is 48.4 Å². The van der Waals surface area contributed by atoms with E-state index in [1.54, 1.807) is 36.4 Å². The molecule has 3 N–H and O–H groups in total. The Bertz CT molecular complexity index is 840. The van der Waals surface area contributed by atoms with Gasteiger partial charge in [-0.15, -0.1) is 0 Å². The van der Waals surface area contributed by atoms with Crippen molar-refractivity contribution < 1.29 is 9.59 Å². The van der Waals surface area contributed by atoms with Crippen LogP contribution in [-0.2, 0) is 0 Å². The van der Waals surface area contributed by atoms with E-state index in [9.17, 15) is 9.59 Å². The Morgan fingerprint density at radius 2 is 1.65 bits per heavy atom. The van der Waals surface area contributed by atoms with Gasteiger partial charge in [0.05, 0.1) is 11.4 Å². The SMILES string of the molecule is CC(N1c2cc(C(=O)C(=O)c3ccccc3)ccc2NC1N)C(C)(C)C. The lowest BCUT2D eigenvalue weighted by atomic mass is 9.86. The number of benzene rings is 2. The summed E-state index contributed by atoms with van der Waals surface area (Å²) in [6.45, 7) is 8.56. The van der Waals surface area contributed by atoms with E-state index in [1.807, 2.05) is 12.1 Å². The predicted octanol–water partition coefficient (Wildman–Crippen LogP) is 3.66. The van der Waals surface area contributed by atoms with Crippen molar-refractivity contribution in [1.82, 2.24) is 0 Å². The van der Waals surface area contributed by atoms with Crippen LogP contribution in [0.5, 0.6) is 0 Å². The Morgan fingerprint density at radius 1 is 1.04 bits per heavy atom. The van der Waals surface area contributed by atoms with Crippen LogP contribution in [0.15, 0.2) is 48.5 Å². The normalized spacial score (nSPS) is 17.4. The molecular weight excluding hydrogens is 326 g/mol. The largest absolute Gasteiger partial charge is 0.351 e. The molecule has 3 rings (SSSR count). The zero-order valence-corrected chi connectivity index (χ0v) is 15.6. The van der Waals surface area contributed by atoms with Crippen LogP contribution in [0.2, 0.25) is 0 Å². The maximum Gasteiger partial charge on any atom is 0.233 e. The van der Waals surface area contributed by atoms with Crippen LogP contribution < -0.4 is 16.0 Å². The van der Waals surface area contributed by atoms with Gasteiger partial charge in [0.15, 0.2) is 6.29 Å². The van der Waals surface area contributed by atoms with Crippen molar-refractivity contribution in [3.8, 4) is 0 Å². The smallest absolute Gasteiger partial charge is 0.233 e. The fraction of sp³-hybridized carbons (Fsp3) is 0.333. The van der Waals surface area contributed by atoms with E-state index in [0.717, 1.165) is 11.4 Å². The Morgan fingerprint density at radius 3 is 2.27 bits per heavy atom. The minimum absolute atomic E-state index is 0.000776. The molecule has 1 aliphatic rings. The molecule has 5 nitrogen and oxygen atoms in total. The Hall–Kier alpha value is -2.66. The molecule has 2 aromatic rings. The molecule has 2 unspecified atom stereocenters. The quantitative estimate of drug-likeness (QED) is 0.649. The lowest BCUT2D eigenvalue weighted by Crippen LogP contribution is -2.52. The van der Waals surface area contributed by atoms with Gasteiger partial charge >= 0.3 is 0 Å². The average molecular weight is 351 g/mol. The number of rotatable bonds is 4. The summed E-state index contributed by atoms with van der Waals surface area (Å²) in [7, 11) is 0. The summed E-state index contributed by atoms with van der Waals surface area (Å²) >= 11 is 0. The first-order chi connectivity index (χ1) is 12.2. The number of nitrogens with two attached hydrogens (primary N) is 1. The Balaban J connectivity index is 1.95. The molecule has 1 heterocycles. The maximum absolute atomic E-state index is 12.7. The zero-order valence-electron chi connectivity index (χ0n) is 15.6. The molecule has 0 aliphatic carbocycles. The molecule has 0 saturated carbocycles. The van der Waals surface area contributed by atoms with Crippen molar-refractivity contribution in [1.29, 1.82) is 0 Å². The van der Waals surface area contributed by atoms with E-state index < -0.39 is 11.6 Å². The third-order valence-electron chi connectivity index (χ3n) is 5.05. The number of anilines is 2. The molecule has 0 spiro atoms. The van der Waals surface area contributed by atoms with Gasteiger partial charge in [0.1, 0.15) is 0 Å². The fourth-order valence-electron chi connectivity index (χ4n) is 3.11. The van der Waals surface area contributed by atoms with Gasteiger partial charge < -0.3 is 10.2 Å². The number of hydrogen-bond donors (Lipinski definition) is 2. The zero-order chi connectivity index (χ0) is 19.1. The maximum atomic E-state index is 12.7. The summed E-state index contributed by atoms with van der Waals surface area (Å²) in [5, 5.41) is 3.23. The van der Waals surface area contributed by atoms with Gasteiger partial charge in [0.2, 0.25) is 11.6 Å². The molecule has 0 bridgehead atoms. The van der Waals surface area contributed by atoms with Crippen LogP contribution in [0.4, 0.5) is 11.4 Å². The summed E-state index contributed by atoms with van der Waals surface area (Å²) in [5.74, 6) is -1.01. The molecule has 0 aromatic heterocycles. The summed E-state index contributed by atoms with van der Waals surface area (Å²) in [5.41, 5.74) is 8.76. The summed E-state index contributed by atoms with van der Waals surface area (Å²) < 4.78 is 0. The Kier molecular flexibility index (Phi) is 4.59. The van der Waals surface area contributed by atoms with E-state index in [1.165, 1.54) is 0 Å². The predicted molar refractivity (Wildman–Crippen MR) is 105 cm³/mol. The van der Waals surface area contributed by atoms with E-state index in [-0.39, 0.29) is 17.7 Å². The van der Waals surface area contributed by atoms with Crippen LogP contribution in [-0.4, -0.2) is 23.9 Å². The van der Waals surface area contributed by atoms with Crippen LogP contribution in [0.25, 0.3) is 0 Å². The number of carbonyl (C=O) groups excluding carboxylic acids is 2. The second-order valence-corrected chi connectivity index (χ2v) is 7.79. The average Bonchev–Trinajstić information content (AvgIpc) is 2.94. The molecule has 0 saturated heterocycles. The number of ketones is 2. The standard InChI is InChI=1S/C21H25N3O2/c1-13(21(2,3)4)24-17-12-15(10-11-16(17)23-20(24)22)19(26)18(25)14-8-6-5-7-9-14/h5-13,20,23H,22H2,1-4H3. The van der Waals surface area contributed by atoms with Crippen LogP contribution in [0, 0.1) is 5.41 Å². The third kappa shape index (κ3) is 3.22. The first-order valence-electron chi connectivity index (χ1n) is 8.79. The van der Waals surface area contributed by atoms with Crippen molar-refractivity contribution in [2.45, 2.75) is 40.0 Å². The number of hydrogen-bond acceptors (Lipinski definition) is 5. The number of fused-ring (bicyclic) bond motifs is 1. The number of nitrogens with zero attached hydrogens (tertiary/aromatic N) is 1. The van der Waals surface area contributed by atoms with Gasteiger partial charge in [0, 0.05) is 17.2 Å². The fourth-order valence-corrected chi connectivity index (χ4v) is 3.11. The van der Waals surface area contributed by atoms with Crippen molar-refractivity contribution in [2.24, 2.45) is 11.1 Å². The van der Waals surface area contributed by atoms with Crippen molar-refractivity contribution in [3.05, 3.63) is 59.7 Å².